The third-order valence-electron chi connectivity index (χ3n) is 3.12. The van der Waals surface area contributed by atoms with E-state index in [1.54, 1.807) is 7.11 Å². The number of hydrogen-bond donors (Lipinski definition) is 2. The monoisotopic (exact) mass is 236 g/mol. The molecule has 1 aliphatic heterocycles. The fraction of sp³-hybridized carbons (Fsp3) is 0.538. The van der Waals surface area contributed by atoms with Gasteiger partial charge in [0, 0.05) is 25.4 Å². The summed E-state index contributed by atoms with van der Waals surface area (Å²) in [6, 6.07) is 5.74. The molecule has 0 radical (unpaired) electrons. The van der Waals surface area contributed by atoms with Gasteiger partial charge in [-0.1, -0.05) is 0 Å². The molecule has 0 aliphatic carbocycles. The van der Waals surface area contributed by atoms with Gasteiger partial charge in [-0.3, -0.25) is 0 Å². The second-order valence-corrected chi connectivity index (χ2v) is 4.43. The van der Waals surface area contributed by atoms with E-state index in [1.807, 2.05) is 18.2 Å². The van der Waals surface area contributed by atoms with E-state index in [-0.39, 0.29) is 0 Å². The quantitative estimate of drug-likeness (QED) is 0.759. The Morgan fingerprint density at radius 1 is 1.53 bits per heavy atom. The predicted octanol–water partition coefficient (Wildman–Crippen LogP) is 1.40. The maximum atomic E-state index is 5.92. The molecule has 2 rings (SSSR count). The smallest absolute Gasteiger partial charge is 0.119 e. The van der Waals surface area contributed by atoms with E-state index < -0.39 is 0 Å². The molecule has 4 nitrogen and oxygen atoms in total. The Morgan fingerprint density at radius 3 is 3.12 bits per heavy atom. The van der Waals surface area contributed by atoms with Crippen molar-refractivity contribution in [1.82, 2.24) is 5.32 Å². The van der Waals surface area contributed by atoms with Gasteiger partial charge in [-0.2, -0.15) is 0 Å². The van der Waals surface area contributed by atoms with Crippen LogP contribution in [-0.4, -0.2) is 26.9 Å². The van der Waals surface area contributed by atoms with Gasteiger partial charge in [-0.25, -0.2) is 0 Å². The molecule has 1 aromatic rings. The number of methoxy groups -OCH3 is 1. The Balaban J connectivity index is 1.84. The van der Waals surface area contributed by atoms with E-state index >= 15 is 0 Å². The van der Waals surface area contributed by atoms with Gasteiger partial charge >= 0.3 is 0 Å². The van der Waals surface area contributed by atoms with Crippen LogP contribution in [0, 0.1) is 5.92 Å². The van der Waals surface area contributed by atoms with Crippen molar-refractivity contribution < 1.29 is 9.47 Å². The average Bonchev–Trinajstić information content (AvgIpc) is 2.84. The Bertz CT molecular complexity index is 362. The van der Waals surface area contributed by atoms with Crippen molar-refractivity contribution in [3.63, 3.8) is 0 Å². The lowest BCUT2D eigenvalue weighted by Crippen LogP contribution is -2.23. The van der Waals surface area contributed by atoms with Crippen LogP contribution in [0.15, 0.2) is 18.2 Å². The average molecular weight is 236 g/mol. The second kappa shape index (κ2) is 5.89. The molecular weight excluding hydrogens is 216 g/mol. The first-order chi connectivity index (χ1) is 8.29. The lowest BCUT2D eigenvalue weighted by atomic mass is 10.1. The van der Waals surface area contributed by atoms with Crippen LogP contribution >= 0.6 is 0 Å². The molecule has 1 aliphatic rings. The number of benzene rings is 1. The van der Waals surface area contributed by atoms with E-state index in [4.69, 9.17) is 15.2 Å². The highest BCUT2D eigenvalue weighted by Gasteiger charge is 2.14. The number of anilines is 1. The Kier molecular flexibility index (Phi) is 4.23. The number of nitrogens with one attached hydrogen (secondary N) is 1. The van der Waals surface area contributed by atoms with Gasteiger partial charge in [-0.15, -0.1) is 0 Å². The summed E-state index contributed by atoms with van der Waals surface area (Å²) in [5, 5.41) is 3.42. The summed E-state index contributed by atoms with van der Waals surface area (Å²) in [5.74, 6) is 1.49. The SMILES string of the molecule is COc1ccc(N)c(CNCC2CCOC2)c1. The van der Waals surface area contributed by atoms with Gasteiger partial charge in [0.15, 0.2) is 0 Å². The lowest BCUT2D eigenvalue weighted by molar-refractivity contribution is 0.185. The summed E-state index contributed by atoms with van der Waals surface area (Å²) >= 11 is 0. The second-order valence-electron chi connectivity index (χ2n) is 4.43. The van der Waals surface area contributed by atoms with Gasteiger partial charge in [-0.05, 0) is 36.1 Å². The molecule has 0 bridgehead atoms. The number of hydrogen-bond acceptors (Lipinski definition) is 4. The van der Waals surface area contributed by atoms with Crippen molar-refractivity contribution >= 4 is 5.69 Å². The number of ether oxygens (including phenoxy) is 2. The normalized spacial score (nSPS) is 19.5. The Morgan fingerprint density at radius 2 is 2.41 bits per heavy atom. The standard InChI is InChI=1S/C13H20N2O2/c1-16-12-2-3-13(14)11(6-12)8-15-7-10-4-5-17-9-10/h2-3,6,10,15H,4-5,7-9,14H2,1H3. The minimum Gasteiger partial charge on any atom is -0.497 e. The molecule has 0 spiro atoms. The topological polar surface area (TPSA) is 56.5 Å². The van der Waals surface area contributed by atoms with Gasteiger partial charge < -0.3 is 20.5 Å². The first-order valence-corrected chi connectivity index (χ1v) is 6.00. The number of rotatable bonds is 5. The summed E-state index contributed by atoms with van der Waals surface area (Å²) in [7, 11) is 1.67. The zero-order valence-electron chi connectivity index (χ0n) is 10.2. The van der Waals surface area contributed by atoms with Crippen molar-refractivity contribution in [2.75, 3.05) is 32.6 Å². The predicted molar refractivity (Wildman–Crippen MR) is 68.0 cm³/mol. The van der Waals surface area contributed by atoms with Crippen LogP contribution in [0.25, 0.3) is 0 Å². The molecule has 1 unspecified atom stereocenters. The fourth-order valence-electron chi connectivity index (χ4n) is 2.02. The van der Waals surface area contributed by atoms with Crippen LogP contribution in [0.5, 0.6) is 5.75 Å². The molecule has 0 aromatic heterocycles. The van der Waals surface area contributed by atoms with Crippen molar-refractivity contribution in [3.05, 3.63) is 23.8 Å². The highest BCUT2D eigenvalue weighted by atomic mass is 16.5. The molecule has 1 heterocycles. The number of nitrogen functional groups attached to an aromatic ring is 1. The highest BCUT2D eigenvalue weighted by molar-refractivity contribution is 5.50. The van der Waals surface area contributed by atoms with E-state index in [9.17, 15) is 0 Å². The molecular formula is C13H20N2O2. The largest absolute Gasteiger partial charge is 0.497 e. The van der Waals surface area contributed by atoms with E-state index in [2.05, 4.69) is 5.32 Å². The first-order valence-electron chi connectivity index (χ1n) is 6.00. The van der Waals surface area contributed by atoms with Crippen molar-refractivity contribution in [2.24, 2.45) is 5.92 Å². The summed E-state index contributed by atoms with van der Waals surface area (Å²) in [4.78, 5) is 0. The molecule has 1 saturated heterocycles. The molecule has 0 saturated carbocycles. The summed E-state index contributed by atoms with van der Waals surface area (Å²) < 4.78 is 10.5. The van der Waals surface area contributed by atoms with Gasteiger partial charge in [0.25, 0.3) is 0 Å². The fourth-order valence-corrected chi connectivity index (χ4v) is 2.02. The highest BCUT2D eigenvalue weighted by Crippen LogP contribution is 2.19. The summed E-state index contributed by atoms with van der Waals surface area (Å²) in [5.41, 5.74) is 7.81. The van der Waals surface area contributed by atoms with Crippen LogP contribution in [0.3, 0.4) is 0 Å². The molecule has 3 N–H and O–H groups in total. The van der Waals surface area contributed by atoms with Gasteiger partial charge in [0.2, 0.25) is 0 Å². The van der Waals surface area contributed by atoms with Crippen molar-refractivity contribution in [2.45, 2.75) is 13.0 Å². The third-order valence-corrected chi connectivity index (χ3v) is 3.12. The van der Waals surface area contributed by atoms with Crippen LogP contribution in [0.1, 0.15) is 12.0 Å². The molecule has 0 amide bonds. The van der Waals surface area contributed by atoms with E-state index in [0.29, 0.717) is 5.92 Å². The van der Waals surface area contributed by atoms with Crippen LogP contribution in [-0.2, 0) is 11.3 Å². The minimum atomic E-state index is 0.641. The van der Waals surface area contributed by atoms with E-state index in [0.717, 1.165) is 49.7 Å². The van der Waals surface area contributed by atoms with Gasteiger partial charge in [0.05, 0.1) is 13.7 Å². The van der Waals surface area contributed by atoms with Crippen LogP contribution in [0.2, 0.25) is 0 Å². The van der Waals surface area contributed by atoms with Crippen molar-refractivity contribution in [1.29, 1.82) is 0 Å². The van der Waals surface area contributed by atoms with Crippen LogP contribution < -0.4 is 15.8 Å². The lowest BCUT2D eigenvalue weighted by Gasteiger charge is -2.12. The van der Waals surface area contributed by atoms with Gasteiger partial charge in [0.1, 0.15) is 5.75 Å². The Hall–Kier alpha value is -1.26. The molecule has 4 heteroatoms. The maximum absolute atomic E-state index is 5.92. The zero-order chi connectivity index (χ0) is 12.1. The number of nitrogens with two attached hydrogens (primary N) is 1. The molecule has 1 atom stereocenters. The summed E-state index contributed by atoms with van der Waals surface area (Å²) in [6.07, 6.45) is 1.15. The van der Waals surface area contributed by atoms with Crippen LogP contribution in [0.4, 0.5) is 5.69 Å². The van der Waals surface area contributed by atoms with Crippen molar-refractivity contribution in [3.8, 4) is 5.75 Å². The Labute approximate surface area is 102 Å². The maximum Gasteiger partial charge on any atom is 0.119 e. The summed E-state index contributed by atoms with van der Waals surface area (Å²) in [6.45, 7) is 3.53. The molecule has 94 valence electrons. The molecule has 17 heavy (non-hydrogen) atoms. The molecule has 1 aromatic carbocycles. The molecule has 1 fully saturated rings. The zero-order valence-corrected chi connectivity index (χ0v) is 10.2. The van der Waals surface area contributed by atoms with E-state index in [1.165, 1.54) is 0 Å². The first kappa shape index (κ1) is 12.2. The minimum absolute atomic E-state index is 0.641. The third kappa shape index (κ3) is 3.35.